The number of nitrogens with one attached hydrogen (secondary N) is 2. The van der Waals surface area contributed by atoms with Crippen LogP contribution in [0.5, 0.6) is 5.75 Å². The summed E-state index contributed by atoms with van der Waals surface area (Å²) >= 11 is 0. The van der Waals surface area contributed by atoms with E-state index in [1.165, 1.54) is 29.9 Å². The van der Waals surface area contributed by atoms with Crippen LogP contribution in [0.25, 0.3) is 5.65 Å². The van der Waals surface area contributed by atoms with Gasteiger partial charge in [0.2, 0.25) is 5.91 Å². The van der Waals surface area contributed by atoms with Crippen LogP contribution in [-0.2, 0) is 11.2 Å². The molecule has 170 valence electrons. The molecule has 0 spiro atoms. The molecule has 32 heavy (non-hydrogen) atoms. The van der Waals surface area contributed by atoms with Crippen molar-refractivity contribution >= 4 is 17.5 Å². The molecule has 2 amide bonds. The molecule has 0 atom stereocenters. The van der Waals surface area contributed by atoms with Gasteiger partial charge in [0.05, 0.1) is 6.20 Å². The van der Waals surface area contributed by atoms with Gasteiger partial charge in [0.1, 0.15) is 5.56 Å². The Bertz CT molecular complexity index is 1160. The fraction of sp³-hybridized carbons (Fsp3) is 0.300. The molecule has 2 N–H and O–H groups in total. The van der Waals surface area contributed by atoms with Crippen molar-refractivity contribution in [2.75, 3.05) is 13.1 Å². The van der Waals surface area contributed by atoms with Gasteiger partial charge in [0.25, 0.3) is 5.91 Å². The van der Waals surface area contributed by atoms with Crippen LogP contribution in [0.4, 0.5) is 17.6 Å². The second kappa shape index (κ2) is 9.20. The number of hydrogen-bond acceptors (Lipinski definition) is 5. The van der Waals surface area contributed by atoms with Gasteiger partial charge in [-0.3, -0.25) is 9.59 Å². The number of hydrogen-bond donors (Lipinski definition) is 2. The Balaban J connectivity index is 1.79. The van der Waals surface area contributed by atoms with E-state index < -0.39 is 23.8 Å². The Kier molecular flexibility index (Phi) is 6.61. The highest BCUT2D eigenvalue weighted by atomic mass is 19.4. The molecule has 0 bridgehead atoms. The maximum Gasteiger partial charge on any atom is 0.573 e. The van der Waals surface area contributed by atoms with Gasteiger partial charge < -0.3 is 15.4 Å². The van der Waals surface area contributed by atoms with Gasteiger partial charge in [-0.15, -0.1) is 13.2 Å². The predicted octanol–water partition coefficient (Wildman–Crippen LogP) is 2.53. The van der Waals surface area contributed by atoms with Crippen molar-refractivity contribution in [1.82, 2.24) is 25.2 Å². The van der Waals surface area contributed by atoms with Gasteiger partial charge in [0.15, 0.2) is 17.2 Å². The molecule has 0 saturated heterocycles. The molecule has 0 saturated carbocycles. The Hall–Kier alpha value is -3.70. The molecule has 2 aromatic heterocycles. The van der Waals surface area contributed by atoms with Crippen molar-refractivity contribution in [3.63, 3.8) is 0 Å². The van der Waals surface area contributed by atoms with Crippen LogP contribution in [0, 0.1) is 12.7 Å². The first-order valence-electron chi connectivity index (χ1n) is 9.44. The molecule has 0 aliphatic carbocycles. The van der Waals surface area contributed by atoms with E-state index in [1.807, 2.05) is 0 Å². The van der Waals surface area contributed by atoms with Crippen LogP contribution in [0.1, 0.15) is 34.1 Å². The van der Waals surface area contributed by atoms with Crippen LogP contribution in [0.2, 0.25) is 0 Å². The average Bonchev–Trinajstić information content (AvgIpc) is 3.13. The van der Waals surface area contributed by atoms with E-state index >= 15 is 0 Å². The zero-order chi connectivity index (χ0) is 23.5. The molecule has 8 nitrogen and oxygen atoms in total. The van der Waals surface area contributed by atoms with Crippen molar-refractivity contribution in [1.29, 1.82) is 0 Å². The summed E-state index contributed by atoms with van der Waals surface area (Å²) in [5.74, 6) is -2.67. The van der Waals surface area contributed by atoms with Crippen LogP contribution in [0.3, 0.4) is 0 Å². The predicted molar refractivity (Wildman–Crippen MR) is 105 cm³/mol. The smallest absolute Gasteiger partial charge is 0.403 e. The minimum Gasteiger partial charge on any atom is -0.403 e. The van der Waals surface area contributed by atoms with Crippen molar-refractivity contribution in [3.05, 3.63) is 58.8 Å². The molecule has 0 fully saturated rings. The summed E-state index contributed by atoms with van der Waals surface area (Å²) < 4.78 is 56.2. The van der Waals surface area contributed by atoms with E-state index in [1.54, 1.807) is 6.92 Å². The van der Waals surface area contributed by atoms with Gasteiger partial charge >= 0.3 is 6.36 Å². The number of carbonyl (C=O) groups is 2. The summed E-state index contributed by atoms with van der Waals surface area (Å²) in [6.07, 6.45) is -2.04. The van der Waals surface area contributed by atoms with E-state index in [2.05, 4.69) is 25.5 Å². The number of aromatic nitrogens is 3. The van der Waals surface area contributed by atoms with E-state index in [9.17, 15) is 27.2 Å². The average molecular weight is 453 g/mol. The highest BCUT2D eigenvalue weighted by Gasteiger charge is 2.32. The summed E-state index contributed by atoms with van der Waals surface area (Å²) in [6.45, 7) is 3.58. The third kappa shape index (κ3) is 5.50. The second-order valence-electron chi connectivity index (χ2n) is 6.89. The Labute approximate surface area is 179 Å². The molecule has 0 aliphatic rings. The standard InChI is InChI=1S/C20H19F4N5O3/c1-11-14(7-13-3-4-16(21)17(8-13)32-20(22,23)24)9-27-18-15(10-28-29(11)18)19(31)26-6-5-25-12(2)30/h3-4,8-10H,5-7H2,1-2H3,(H,25,30)(H,26,31). The van der Waals surface area contributed by atoms with Crippen LogP contribution < -0.4 is 15.4 Å². The monoisotopic (exact) mass is 453 g/mol. The number of fused-ring (bicyclic) bond motifs is 1. The van der Waals surface area contributed by atoms with Crippen LogP contribution in [0.15, 0.2) is 30.6 Å². The molecular weight excluding hydrogens is 434 g/mol. The first-order valence-corrected chi connectivity index (χ1v) is 9.44. The summed E-state index contributed by atoms with van der Waals surface area (Å²) in [7, 11) is 0. The number of amides is 2. The first kappa shape index (κ1) is 23.0. The molecule has 0 unspecified atom stereocenters. The van der Waals surface area contributed by atoms with E-state index in [0.29, 0.717) is 22.5 Å². The van der Waals surface area contributed by atoms with Gasteiger partial charge in [-0.2, -0.15) is 5.10 Å². The number of carbonyl (C=O) groups excluding carboxylic acids is 2. The third-order valence-corrected chi connectivity index (χ3v) is 4.51. The minimum atomic E-state index is -5.01. The number of nitrogens with zero attached hydrogens (tertiary/aromatic N) is 3. The normalized spacial score (nSPS) is 11.4. The number of aryl methyl sites for hydroxylation is 1. The lowest BCUT2D eigenvalue weighted by atomic mass is 10.0. The molecule has 3 aromatic rings. The van der Waals surface area contributed by atoms with Gasteiger partial charge in [-0.25, -0.2) is 13.9 Å². The number of halogens is 4. The molecule has 1 aromatic carbocycles. The second-order valence-corrected chi connectivity index (χ2v) is 6.89. The third-order valence-electron chi connectivity index (χ3n) is 4.51. The fourth-order valence-corrected chi connectivity index (χ4v) is 3.00. The molecule has 2 heterocycles. The molecule has 0 aliphatic heterocycles. The minimum absolute atomic E-state index is 0.140. The highest BCUT2D eigenvalue weighted by Crippen LogP contribution is 2.27. The summed E-state index contributed by atoms with van der Waals surface area (Å²) in [5.41, 5.74) is 2.12. The van der Waals surface area contributed by atoms with Gasteiger partial charge in [0, 0.05) is 38.3 Å². The van der Waals surface area contributed by atoms with Gasteiger partial charge in [-0.1, -0.05) is 6.07 Å². The lowest BCUT2D eigenvalue weighted by Crippen LogP contribution is -2.33. The zero-order valence-corrected chi connectivity index (χ0v) is 17.1. The highest BCUT2D eigenvalue weighted by molar-refractivity contribution is 5.99. The number of ether oxygens (including phenoxy) is 1. The Morgan fingerprint density at radius 3 is 2.56 bits per heavy atom. The van der Waals surface area contributed by atoms with Crippen LogP contribution >= 0.6 is 0 Å². The maximum atomic E-state index is 13.6. The van der Waals surface area contributed by atoms with Crippen molar-refractivity contribution < 1.29 is 31.9 Å². The summed E-state index contributed by atoms with van der Waals surface area (Å²) in [4.78, 5) is 27.5. The molecular formula is C20H19F4N5O3. The Morgan fingerprint density at radius 1 is 1.16 bits per heavy atom. The lowest BCUT2D eigenvalue weighted by Gasteiger charge is -2.12. The SMILES string of the molecule is CC(=O)NCCNC(=O)c1cnn2c(C)c(Cc3ccc(F)c(OC(F)(F)F)c3)cnc12. The van der Waals surface area contributed by atoms with Crippen molar-refractivity contribution in [2.45, 2.75) is 26.6 Å². The number of rotatable bonds is 7. The lowest BCUT2D eigenvalue weighted by molar-refractivity contribution is -0.275. The maximum absolute atomic E-state index is 13.6. The largest absolute Gasteiger partial charge is 0.573 e. The Morgan fingerprint density at radius 2 is 1.88 bits per heavy atom. The number of benzene rings is 1. The van der Waals surface area contributed by atoms with Crippen molar-refractivity contribution in [2.24, 2.45) is 0 Å². The van der Waals surface area contributed by atoms with E-state index in [4.69, 9.17) is 0 Å². The van der Waals surface area contributed by atoms with E-state index in [0.717, 1.165) is 12.1 Å². The first-order chi connectivity index (χ1) is 15.0. The quantitative estimate of drug-likeness (QED) is 0.423. The molecule has 0 radical (unpaired) electrons. The summed E-state index contributed by atoms with van der Waals surface area (Å²) in [5, 5.41) is 9.37. The molecule has 3 rings (SSSR count). The molecule has 12 heteroatoms. The number of alkyl halides is 3. The van der Waals surface area contributed by atoms with Crippen LogP contribution in [-0.4, -0.2) is 45.9 Å². The fourth-order valence-electron chi connectivity index (χ4n) is 3.00. The van der Waals surface area contributed by atoms with Crippen molar-refractivity contribution in [3.8, 4) is 5.75 Å². The van der Waals surface area contributed by atoms with E-state index in [-0.39, 0.29) is 31.0 Å². The topological polar surface area (TPSA) is 97.6 Å². The zero-order valence-electron chi connectivity index (χ0n) is 17.1. The summed E-state index contributed by atoms with van der Waals surface area (Å²) in [6, 6.07) is 3.22. The van der Waals surface area contributed by atoms with Gasteiger partial charge in [-0.05, 0) is 30.2 Å².